The Hall–Kier alpha value is -1.28. The number of unbranched alkanes of at least 4 members (excludes halogenated alkanes) is 36. The summed E-state index contributed by atoms with van der Waals surface area (Å²) in [6.45, 7) is 4.66. The average molecular weight is 966 g/mol. The van der Waals surface area contributed by atoms with Crippen LogP contribution in [0.4, 0.5) is 0 Å². The minimum atomic E-state index is -4.61. The number of nitrogens with zero attached hydrogens (tertiary/aromatic N) is 1. The number of likely N-dealkylation sites (N-methyl/N-ethyl adjacent to an activating group) is 1. The average Bonchev–Trinajstić information content (AvgIpc) is 3.29. The normalized spacial score (nSPS) is 14.2. The molecule has 2 N–H and O–H groups in total. The third-order valence-electron chi connectivity index (χ3n) is 13.1. The highest BCUT2D eigenvalue weighted by atomic mass is 31.2. The lowest BCUT2D eigenvalue weighted by atomic mass is 10.0. The van der Waals surface area contributed by atoms with E-state index >= 15 is 0 Å². The number of aliphatic hydroxyl groups is 1. The van der Waals surface area contributed by atoms with Crippen molar-refractivity contribution in [1.29, 1.82) is 0 Å². The summed E-state index contributed by atoms with van der Waals surface area (Å²) in [5.74, 6) is -0.206. The number of rotatable bonds is 53. The molecular weight excluding hydrogens is 852 g/mol. The SMILES string of the molecule is CCCCCCCCCCCCCCCC/C=C/CC/C=C/CC/C=C/C(O)C(COP(=O)([O-])OCC[N+](C)(C)C)NC(=O)CCCCCCCCCCCCCCCCCCCCCCC. The predicted octanol–water partition coefficient (Wildman–Crippen LogP) is 16.7. The van der Waals surface area contributed by atoms with E-state index in [1.54, 1.807) is 6.08 Å². The lowest BCUT2D eigenvalue weighted by Gasteiger charge is -2.29. The molecule has 0 spiro atoms. The van der Waals surface area contributed by atoms with Gasteiger partial charge in [0.1, 0.15) is 13.2 Å². The standard InChI is InChI=1S/C58H113N2O6P/c1-6-8-10-12-14-16-18-20-22-24-26-28-29-30-32-33-35-37-39-41-43-45-47-49-51-57(61)56(55-66-67(63,64)65-54-53-60(3,4)5)59-58(62)52-50-48-46-44-42-40-38-36-34-31-27-25-23-21-19-17-15-13-11-9-7-2/h33,35,41,43,49,51,56-57,61H,6-32,34,36-40,42,44-48,50,52-55H2,1-5H3,(H-,59,62,63,64)/b35-33+,43-41+,51-49+. The summed E-state index contributed by atoms with van der Waals surface area (Å²) >= 11 is 0. The van der Waals surface area contributed by atoms with Gasteiger partial charge in [-0.15, -0.1) is 0 Å². The summed E-state index contributed by atoms with van der Waals surface area (Å²) in [6.07, 6.45) is 63.7. The smallest absolute Gasteiger partial charge is 0.268 e. The van der Waals surface area contributed by atoms with Crippen LogP contribution in [0.25, 0.3) is 0 Å². The molecule has 0 aromatic carbocycles. The number of allylic oxidation sites excluding steroid dienone is 5. The largest absolute Gasteiger partial charge is 0.756 e. The van der Waals surface area contributed by atoms with Crippen LogP contribution < -0.4 is 10.2 Å². The summed E-state index contributed by atoms with van der Waals surface area (Å²) in [5, 5.41) is 13.9. The van der Waals surface area contributed by atoms with Crippen molar-refractivity contribution in [3.05, 3.63) is 36.5 Å². The van der Waals surface area contributed by atoms with Gasteiger partial charge in [-0.3, -0.25) is 9.36 Å². The van der Waals surface area contributed by atoms with Gasteiger partial charge in [0.15, 0.2) is 0 Å². The molecule has 8 nitrogen and oxygen atoms in total. The maximum atomic E-state index is 13.0. The van der Waals surface area contributed by atoms with E-state index in [0.29, 0.717) is 17.4 Å². The van der Waals surface area contributed by atoms with E-state index in [1.165, 1.54) is 212 Å². The van der Waals surface area contributed by atoms with Crippen LogP contribution in [0.2, 0.25) is 0 Å². The molecule has 1 amide bonds. The molecule has 0 bridgehead atoms. The minimum absolute atomic E-state index is 0.00736. The van der Waals surface area contributed by atoms with E-state index in [4.69, 9.17) is 9.05 Å². The van der Waals surface area contributed by atoms with Crippen LogP contribution in [0.15, 0.2) is 36.5 Å². The number of carbonyl (C=O) groups excluding carboxylic acids is 1. The van der Waals surface area contributed by atoms with Gasteiger partial charge in [0.2, 0.25) is 5.91 Å². The summed E-state index contributed by atoms with van der Waals surface area (Å²) < 4.78 is 23.3. The number of carbonyl (C=O) groups is 1. The van der Waals surface area contributed by atoms with Gasteiger partial charge in [-0.05, 0) is 44.9 Å². The number of hydrogen-bond donors (Lipinski definition) is 2. The van der Waals surface area contributed by atoms with Gasteiger partial charge < -0.3 is 28.8 Å². The van der Waals surface area contributed by atoms with Crippen LogP contribution in [0.5, 0.6) is 0 Å². The Labute approximate surface area is 417 Å². The number of hydrogen-bond acceptors (Lipinski definition) is 6. The number of phosphoric acid groups is 1. The molecule has 67 heavy (non-hydrogen) atoms. The van der Waals surface area contributed by atoms with E-state index in [-0.39, 0.29) is 12.5 Å². The quantitative estimate of drug-likeness (QED) is 0.0272. The number of quaternary nitrogens is 1. The first-order valence-corrected chi connectivity index (χ1v) is 30.3. The minimum Gasteiger partial charge on any atom is -0.756 e. The Bertz CT molecular complexity index is 1190. The van der Waals surface area contributed by atoms with Crippen LogP contribution in [0.3, 0.4) is 0 Å². The van der Waals surface area contributed by atoms with Crippen LogP contribution in [0.1, 0.15) is 277 Å². The molecule has 0 aliphatic rings. The Morgan fingerprint density at radius 2 is 0.836 bits per heavy atom. The van der Waals surface area contributed by atoms with Crippen molar-refractivity contribution in [2.45, 2.75) is 289 Å². The highest BCUT2D eigenvalue weighted by Gasteiger charge is 2.23. The van der Waals surface area contributed by atoms with Crippen molar-refractivity contribution in [3.8, 4) is 0 Å². The molecule has 0 heterocycles. The zero-order valence-corrected chi connectivity index (χ0v) is 46.0. The number of nitrogens with one attached hydrogen (secondary N) is 1. The molecule has 0 rings (SSSR count). The second-order valence-corrected chi connectivity index (χ2v) is 22.4. The Morgan fingerprint density at radius 3 is 1.21 bits per heavy atom. The zero-order chi connectivity index (χ0) is 49.2. The van der Waals surface area contributed by atoms with Gasteiger partial charge in [0.05, 0.1) is 39.9 Å². The lowest BCUT2D eigenvalue weighted by Crippen LogP contribution is -2.45. The fraction of sp³-hybridized carbons (Fsp3) is 0.879. The van der Waals surface area contributed by atoms with Gasteiger partial charge in [-0.1, -0.05) is 262 Å². The van der Waals surface area contributed by atoms with Crippen molar-refractivity contribution in [2.24, 2.45) is 0 Å². The first-order valence-electron chi connectivity index (χ1n) is 28.9. The van der Waals surface area contributed by atoms with Crippen molar-refractivity contribution < 1.29 is 32.9 Å². The predicted molar refractivity (Wildman–Crippen MR) is 288 cm³/mol. The topological polar surface area (TPSA) is 108 Å². The molecular formula is C58H113N2O6P. The van der Waals surface area contributed by atoms with Crippen LogP contribution in [0, 0.1) is 0 Å². The van der Waals surface area contributed by atoms with Gasteiger partial charge in [-0.2, -0.15) is 0 Å². The van der Waals surface area contributed by atoms with Crippen molar-refractivity contribution >= 4 is 13.7 Å². The summed E-state index contributed by atoms with van der Waals surface area (Å²) in [7, 11) is 1.25. The summed E-state index contributed by atoms with van der Waals surface area (Å²) in [6, 6.07) is -0.908. The molecule has 396 valence electrons. The zero-order valence-electron chi connectivity index (χ0n) is 45.1. The van der Waals surface area contributed by atoms with Crippen molar-refractivity contribution in [1.82, 2.24) is 5.32 Å². The van der Waals surface area contributed by atoms with Gasteiger partial charge in [0, 0.05) is 6.42 Å². The van der Waals surface area contributed by atoms with Crippen LogP contribution >= 0.6 is 7.82 Å². The third-order valence-corrected chi connectivity index (χ3v) is 14.0. The summed E-state index contributed by atoms with van der Waals surface area (Å²) in [5.41, 5.74) is 0. The second kappa shape index (κ2) is 49.7. The molecule has 0 radical (unpaired) electrons. The molecule has 0 fully saturated rings. The van der Waals surface area contributed by atoms with Crippen molar-refractivity contribution in [2.75, 3.05) is 40.9 Å². The first-order chi connectivity index (χ1) is 32.5. The number of amides is 1. The highest BCUT2D eigenvalue weighted by Crippen LogP contribution is 2.38. The third kappa shape index (κ3) is 52.4. The van der Waals surface area contributed by atoms with Crippen LogP contribution in [-0.2, 0) is 18.4 Å². The molecule has 3 unspecified atom stereocenters. The van der Waals surface area contributed by atoms with Crippen molar-refractivity contribution in [3.63, 3.8) is 0 Å². The Morgan fingerprint density at radius 1 is 0.507 bits per heavy atom. The maximum absolute atomic E-state index is 13.0. The van der Waals surface area contributed by atoms with E-state index in [0.717, 1.165) is 44.9 Å². The fourth-order valence-corrected chi connectivity index (χ4v) is 9.26. The number of phosphoric ester groups is 1. The Balaban J connectivity index is 4.28. The maximum Gasteiger partial charge on any atom is 0.268 e. The molecule has 9 heteroatoms. The molecule has 3 atom stereocenters. The van der Waals surface area contributed by atoms with E-state index < -0.39 is 26.6 Å². The van der Waals surface area contributed by atoms with Gasteiger partial charge >= 0.3 is 0 Å². The fourth-order valence-electron chi connectivity index (χ4n) is 8.54. The molecule has 0 saturated carbocycles. The van der Waals surface area contributed by atoms with E-state index in [9.17, 15) is 19.4 Å². The molecule has 0 saturated heterocycles. The van der Waals surface area contributed by atoms with Crippen LogP contribution in [-0.4, -0.2) is 68.5 Å². The molecule has 0 aliphatic heterocycles. The lowest BCUT2D eigenvalue weighted by molar-refractivity contribution is -0.870. The second-order valence-electron chi connectivity index (χ2n) is 21.0. The Kier molecular flexibility index (Phi) is 48.7. The van der Waals surface area contributed by atoms with E-state index in [1.807, 2.05) is 27.2 Å². The summed E-state index contributed by atoms with van der Waals surface area (Å²) in [4.78, 5) is 25.5. The molecule has 0 aromatic rings. The van der Waals surface area contributed by atoms with Gasteiger partial charge in [0.25, 0.3) is 7.82 Å². The first kappa shape index (κ1) is 65.7. The highest BCUT2D eigenvalue weighted by molar-refractivity contribution is 7.45. The number of aliphatic hydroxyl groups excluding tert-OH is 1. The van der Waals surface area contributed by atoms with Gasteiger partial charge in [-0.25, -0.2) is 0 Å². The van der Waals surface area contributed by atoms with E-state index in [2.05, 4.69) is 43.5 Å². The monoisotopic (exact) mass is 965 g/mol. The molecule has 0 aromatic heterocycles. The molecule has 0 aliphatic carbocycles.